The first-order valence-corrected chi connectivity index (χ1v) is 11.7. The van der Waals surface area contributed by atoms with Crippen LogP contribution in [-0.4, -0.2) is 38.1 Å². The van der Waals surface area contributed by atoms with Crippen molar-refractivity contribution in [3.8, 4) is 0 Å². The molecule has 0 amide bonds. The summed E-state index contributed by atoms with van der Waals surface area (Å²) < 4.78 is 2.21. The second kappa shape index (κ2) is 10.1. The number of benzene rings is 1. The van der Waals surface area contributed by atoms with Crippen molar-refractivity contribution in [2.75, 3.05) is 17.2 Å². The van der Waals surface area contributed by atoms with Gasteiger partial charge < -0.3 is 20.9 Å². The molecule has 0 saturated heterocycles. The highest BCUT2D eigenvalue weighted by Crippen LogP contribution is 2.27. The van der Waals surface area contributed by atoms with Gasteiger partial charge in [0.05, 0.1) is 6.33 Å². The number of aromatic nitrogens is 4. The summed E-state index contributed by atoms with van der Waals surface area (Å²) in [5.74, 6) is 1.49. The van der Waals surface area contributed by atoms with Gasteiger partial charge in [-0.1, -0.05) is 44.2 Å². The lowest BCUT2D eigenvalue weighted by Crippen LogP contribution is -2.33. The Balaban J connectivity index is 1.59. The van der Waals surface area contributed by atoms with E-state index < -0.39 is 0 Å². The molecule has 2 heterocycles. The van der Waals surface area contributed by atoms with Crippen molar-refractivity contribution in [2.24, 2.45) is 5.73 Å². The normalized spacial score (nSPS) is 19.1. The van der Waals surface area contributed by atoms with E-state index in [1.165, 1.54) is 5.56 Å². The molecule has 0 aliphatic heterocycles. The second-order valence-corrected chi connectivity index (χ2v) is 8.61. The first-order chi connectivity index (χ1) is 15.2. The molecule has 1 aliphatic carbocycles. The van der Waals surface area contributed by atoms with Gasteiger partial charge in [0.2, 0.25) is 5.95 Å². The molecule has 1 aliphatic rings. The van der Waals surface area contributed by atoms with Crippen LogP contribution < -0.4 is 16.4 Å². The third-order valence-electron chi connectivity index (χ3n) is 6.41. The molecule has 3 aromatic rings. The molecule has 166 valence electrons. The summed E-state index contributed by atoms with van der Waals surface area (Å²) in [7, 11) is 0. The number of anilines is 2. The Morgan fingerprint density at radius 1 is 1.06 bits per heavy atom. The summed E-state index contributed by atoms with van der Waals surface area (Å²) in [4.78, 5) is 14.4. The summed E-state index contributed by atoms with van der Waals surface area (Å²) in [5.41, 5.74) is 9.13. The molecule has 7 heteroatoms. The van der Waals surface area contributed by atoms with Crippen LogP contribution in [0.15, 0.2) is 36.7 Å². The maximum absolute atomic E-state index is 6.08. The van der Waals surface area contributed by atoms with Crippen LogP contribution in [0.1, 0.15) is 64.0 Å². The van der Waals surface area contributed by atoms with Crippen LogP contribution >= 0.6 is 0 Å². The molecule has 0 bridgehead atoms. The number of rotatable bonds is 9. The minimum atomic E-state index is 0.327. The Kier molecular flexibility index (Phi) is 7.02. The molecule has 4 rings (SSSR count). The average Bonchev–Trinajstić information content (AvgIpc) is 3.21. The standard InChI is InChI=1S/C24H35N7/c1-3-20(4-2)31-16-27-21-22(26-15-14-17-8-6-5-7-9-17)29-24(30-23(21)31)28-19-12-10-18(25)11-13-19/h5-9,16,18-20H,3-4,10-15,25H2,1-2H3,(H2,26,28,29,30). The van der Waals surface area contributed by atoms with E-state index in [4.69, 9.17) is 20.7 Å². The lowest BCUT2D eigenvalue weighted by Gasteiger charge is -2.27. The SMILES string of the molecule is CCC(CC)n1cnc2c(NCCc3ccccc3)nc(NC3CCC(N)CC3)nc21. The number of nitrogens with two attached hydrogens (primary N) is 1. The molecule has 0 spiro atoms. The average molecular weight is 422 g/mol. The minimum Gasteiger partial charge on any atom is -0.368 e. The Bertz CT molecular complexity index is 957. The van der Waals surface area contributed by atoms with Gasteiger partial charge in [0.25, 0.3) is 0 Å². The molecule has 31 heavy (non-hydrogen) atoms. The number of imidazole rings is 1. The van der Waals surface area contributed by atoms with E-state index in [0.717, 1.165) is 68.5 Å². The summed E-state index contributed by atoms with van der Waals surface area (Å²) in [6, 6.07) is 11.6. The Morgan fingerprint density at radius 2 is 1.81 bits per heavy atom. The van der Waals surface area contributed by atoms with E-state index in [9.17, 15) is 0 Å². The van der Waals surface area contributed by atoms with E-state index in [1.54, 1.807) is 0 Å². The molecule has 0 unspecified atom stereocenters. The minimum absolute atomic E-state index is 0.327. The zero-order chi connectivity index (χ0) is 21.6. The summed E-state index contributed by atoms with van der Waals surface area (Å²) in [6.07, 6.45) is 9.17. The largest absolute Gasteiger partial charge is 0.368 e. The van der Waals surface area contributed by atoms with Crippen molar-refractivity contribution in [1.29, 1.82) is 0 Å². The zero-order valence-electron chi connectivity index (χ0n) is 18.7. The van der Waals surface area contributed by atoms with Crippen LogP contribution in [0.4, 0.5) is 11.8 Å². The van der Waals surface area contributed by atoms with E-state index in [1.807, 2.05) is 12.4 Å². The van der Waals surface area contributed by atoms with Gasteiger partial charge in [0.1, 0.15) is 0 Å². The maximum atomic E-state index is 6.08. The van der Waals surface area contributed by atoms with Gasteiger partial charge in [0, 0.05) is 24.7 Å². The van der Waals surface area contributed by atoms with Crippen molar-refractivity contribution in [3.05, 3.63) is 42.2 Å². The summed E-state index contributed by atoms with van der Waals surface area (Å²) in [5, 5.41) is 7.10. The van der Waals surface area contributed by atoms with E-state index >= 15 is 0 Å². The van der Waals surface area contributed by atoms with Gasteiger partial charge in [0.15, 0.2) is 17.0 Å². The van der Waals surface area contributed by atoms with Gasteiger partial charge in [-0.05, 0) is 50.5 Å². The van der Waals surface area contributed by atoms with Crippen molar-refractivity contribution in [2.45, 2.75) is 76.9 Å². The van der Waals surface area contributed by atoms with Crippen LogP contribution in [0, 0.1) is 0 Å². The molecular weight excluding hydrogens is 386 g/mol. The quantitative estimate of drug-likeness (QED) is 0.470. The van der Waals surface area contributed by atoms with Crippen LogP contribution in [0.25, 0.3) is 11.2 Å². The Hall–Kier alpha value is -2.67. The van der Waals surface area contributed by atoms with Gasteiger partial charge in [-0.3, -0.25) is 0 Å². The molecule has 1 aromatic carbocycles. The molecule has 1 saturated carbocycles. The van der Waals surface area contributed by atoms with Crippen LogP contribution in [-0.2, 0) is 6.42 Å². The molecule has 0 radical (unpaired) electrons. The molecule has 4 N–H and O–H groups in total. The molecular formula is C24H35N7. The highest BCUT2D eigenvalue weighted by atomic mass is 15.2. The number of hydrogen-bond acceptors (Lipinski definition) is 6. The third-order valence-corrected chi connectivity index (χ3v) is 6.41. The zero-order valence-corrected chi connectivity index (χ0v) is 18.7. The first kappa shape index (κ1) is 21.6. The fraction of sp³-hybridized carbons (Fsp3) is 0.542. The van der Waals surface area contributed by atoms with Crippen LogP contribution in [0.2, 0.25) is 0 Å². The van der Waals surface area contributed by atoms with Crippen molar-refractivity contribution in [1.82, 2.24) is 19.5 Å². The lowest BCUT2D eigenvalue weighted by atomic mass is 9.92. The van der Waals surface area contributed by atoms with Gasteiger partial charge in [-0.25, -0.2) is 4.98 Å². The Labute approximate surface area is 184 Å². The summed E-state index contributed by atoms with van der Waals surface area (Å²) >= 11 is 0. The van der Waals surface area contributed by atoms with Gasteiger partial charge in [-0.2, -0.15) is 9.97 Å². The predicted octanol–water partition coefficient (Wildman–Crippen LogP) is 4.52. The Morgan fingerprint density at radius 3 is 2.52 bits per heavy atom. The predicted molar refractivity (Wildman–Crippen MR) is 127 cm³/mol. The number of nitrogens with zero attached hydrogens (tertiary/aromatic N) is 4. The first-order valence-electron chi connectivity index (χ1n) is 11.7. The number of fused-ring (bicyclic) bond motifs is 1. The lowest BCUT2D eigenvalue weighted by molar-refractivity contribution is 0.410. The second-order valence-electron chi connectivity index (χ2n) is 8.61. The van der Waals surface area contributed by atoms with E-state index in [2.05, 4.69) is 53.3 Å². The third kappa shape index (κ3) is 5.15. The summed E-state index contributed by atoms with van der Waals surface area (Å²) in [6.45, 7) is 5.22. The van der Waals surface area contributed by atoms with Crippen molar-refractivity contribution in [3.63, 3.8) is 0 Å². The highest BCUT2D eigenvalue weighted by Gasteiger charge is 2.21. The van der Waals surface area contributed by atoms with E-state index in [-0.39, 0.29) is 0 Å². The number of nitrogens with one attached hydrogen (secondary N) is 2. The molecule has 7 nitrogen and oxygen atoms in total. The smallest absolute Gasteiger partial charge is 0.227 e. The van der Waals surface area contributed by atoms with Gasteiger partial charge >= 0.3 is 0 Å². The van der Waals surface area contributed by atoms with Crippen molar-refractivity contribution < 1.29 is 0 Å². The number of hydrogen-bond donors (Lipinski definition) is 3. The fourth-order valence-electron chi connectivity index (χ4n) is 4.47. The van der Waals surface area contributed by atoms with E-state index in [0.29, 0.717) is 24.1 Å². The van der Waals surface area contributed by atoms with Crippen molar-refractivity contribution >= 4 is 22.9 Å². The van der Waals surface area contributed by atoms with Crippen LogP contribution in [0.5, 0.6) is 0 Å². The topological polar surface area (TPSA) is 93.7 Å². The monoisotopic (exact) mass is 421 g/mol. The molecule has 1 fully saturated rings. The highest BCUT2D eigenvalue weighted by molar-refractivity contribution is 5.84. The fourth-order valence-corrected chi connectivity index (χ4v) is 4.47. The maximum Gasteiger partial charge on any atom is 0.227 e. The van der Waals surface area contributed by atoms with Gasteiger partial charge in [-0.15, -0.1) is 0 Å². The molecule has 2 aromatic heterocycles. The molecule has 0 atom stereocenters. The van der Waals surface area contributed by atoms with Crippen LogP contribution in [0.3, 0.4) is 0 Å².